The second-order valence-electron chi connectivity index (χ2n) is 6.07. The van der Waals surface area contributed by atoms with E-state index in [1.54, 1.807) is 0 Å². The van der Waals surface area contributed by atoms with E-state index < -0.39 is 11.6 Å². The molecule has 1 aliphatic carbocycles. The van der Waals surface area contributed by atoms with E-state index in [0.717, 1.165) is 25.7 Å². The number of benzene rings is 1. The summed E-state index contributed by atoms with van der Waals surface area (Å²) < 4.78 is 27.6. The van der Waals surface area contributed by atoms with E-state index in [9.17, 15) is 8.78 Å². The summed E-state index contributed by atoms with van der Waals surface area (Å²) in [5.41, 5.74) is 6.35. The number of likely N-dealkylation sites (N-methyl/N-ethyl adjacent to an activating group) is 1. The Labute approximate surface area is 120 Å². The molecule has 2 rings (SSSR count). The van der Waals surface area contributed by atoms with Crippen LogP contribution < -0.4 is 5.73 Å². The predicted molar refractivity (Wildman–Crippen MR) is 77.5 cm³/mol. The lowest BCUT2D eigenvalue weighted by atomic mass is 9.74. The Morgan fingerprint density at radius 3 is 2.20 bits per heavy atom. The van der Waals surface area contributed by atoms with Crippen molar-refractivity contribution in [1.82, 2.24) is 4.90 Å². The lowest BCUT2D eigenvalue weighted by Gasteiger charge is -2.47. The first-order valence-corrected chi connectivity index (χ1v) is 7.33. The molecule has 0 heterocycles. The van der Waals surface area contributed by atoms with Crippen LogP contribution in [-0.2, 0) is 6.42 Å². The van der Waals surface area contributed by atoms with E-state index in [1.165, 1.54) is 24.6 Å². The monoisotopic (exact) mass is 282 g/mol. The molecule has 0 aliphatic heterocycles. The molecule has 1 unspecified atom stereocenters. The first-order valence-electron chi connectivity index (χ1n) is 7.33. The Morgan fingerprint density at radius 2 is 1.70 bits per heavy atom. The molecule has 1 aliphatic rings. The lowest BCUT2D eigenvalue weighted by molar-refractivity contribution is 0.0710. The van der Waals surface area contributed by atoms with Crippen molar-refractivity contribution in [3.8, 4) is 0 Å². The largest absolute Gasteiger partial charge is 0.326 e. The first-order chi connectivity index (χ1) is 9.47. The minimum absolute atomic E-state index is 0.117. The average molecular weight is 282 g/mol. The number of halogens is 2. The van der Waals surface area contributed by atoms with Crippen LogP contribution in [0, 0.1) is 11.6 Å². The molecule has 0 aromatic heterocycles. The van der Waals surface area contributed by atoms with Crippen LogP contribution in [0.3, 0.4) is 0 Å². The fourth-order valence-corrected chi connectivity index (χ4v) is 3.45. The van der Waals surface area contributed by atoms with Gasteiger partial charge in [-0.1, -0.05) is 25.3 Å². The molecule has 1 atom stereocenters. The summed E-state index contributed by atoms with van der Waals surface area (Å²) >= 11 is 0. The third kappa shape index (κ3) is 2.86. The molecule has 1 aromatic rings. The summed E-state index contributed by atoms with van der Waals surface area (Å²) in [5.74, 6) is -0.990. The second kappa shape index (κ2) is 6.19. The smallest absolute Gasteiger partial charge is 0.129 e. The molecule has 0 amide bonds. The maximum Gasteiger partial charge on any atom is 0.129 e. The molecule has 1 saturated carbocycles. The molecule has 0 bridgehead atoms. The first kappa shape index (κ1) is 15.4. The van der Waals surface area contributed by atoms with Gasteiger partial charge in [0.2, 0.25) is 0 Å². The van der Waals surface area contributed by atoms with Crippen LogP contribution in [0.25, 0.3) is 0 Å². The number of hydrogen-bond acceptors (Lipinski definition) is 2. The Balaban J connectivity index is 2.23. The fourth-order valence-electron chi connectivity index (χ4n) is 3.45. The summed E-state index contributed by atoms with van der Waals surface area (Å²) in [6.45, 7) is 0. The zero-order chi connectivity index (χ0) is 14.8. The number of rotatable bonds is 4. The molecule has 2 N–H and O–H groups in total. The predicted octanol–water partition coefficient (Wildman–Crippen LogP) is 3.10. The molecule has 112 valence electrons. The molecule has 2 nitrogen and oxygen atoms in total. The van der Waals surface area contributed by atoms with Gasteiger partial charge in [0.05, 0.1) is 0 Å². The van der Waals surface area contributed by atoms with Crippen molar-refractivity contribution in [3.63, 3.8) is 0 Å². The fraction of sp³-hybridized carbons (Fsp3) is 0.625. The minimum atomic E-state index is -0.495. The van der Waals surface area contributed by atoms with Gasteiger partial charge in [0.15, 0.2) is 0 Å². The van der Waals surface area contributed by atoms with Gasteiger partial charge in [-0.05, 0) is 45.5 Å². The van der Waals surface area contributed by atoms with E-state index in [1.807, 2.05) is 14.1 Å². The summed E-state index contributed by atoms with van der Waals surface area (Å²) in [6, 6.07) is 3.73. The molecule has 1 aromatic carbocycles. The molecule has 0 spiro atoms. The molecule has 4 heteroatoms. The van der Waals surface area contributed by atoms with Gasteiger partial charge in [0.1, 0.15) is 11.6 Å². The quantitative estimate of drug-likeness (QED) is 0.919. The highest BCUT2D eigenvalue weighted by atomic mass is 19.1. The Morgan fingerprint density at radius 1 is 1.15 bits per heavy atom. The number of hydrogen-bond donors (Lipinski definition) is 1. The second-order valence-corrected chi connectivity index (χ2v) is 6.07. The van der Waals surface area contributed by atoms with Crippen molar-refractivity contribution in [2.45, 2.75) is 50.1 Å². The van der Waals surface area contributed by atoms with Crippen molar-refractivity contribution < 1.29 is 8.78 Å². The summed E-state index contributed by atoms with van der Waals surface area (Å²) in [5, 5.41) is 0. The molecule has 20 heavy (non-hydrogen) atoms. The van der Waals surface area contributed by atoms with Crippen molar-refractivity contribution in [3.05, 3.63) is 35.4 Å². The summed E-state index contributed by atoms with van der Waals surface area (Å²) in [4.78, 5) is 2.15. The van der Waals surface area contributed by atoms with Gasteiger partial charge in [-0.3, -0.25) is 0 Å². The van der Waals surface area contributed by atoms with Crippen molar-refractivity contribution in [2.75, 3.05) is 14.1 Å². The topological polar surface area (TPSA) is 29.3 Å². The summed E-state index contributed by atoms with van der Waals surface area (Å²) in [7, 11) is 4.03. The van der Waals surface area contributed by atoms with Gasteiger partial charge in [0.25, 0.3) is 0 Å². The average Bonchev–Trinajstić information content (AvgIpc) is 2.43. The molecule has 0 saturated heterocycles. The highest BCUT2D eigenvalue weighted by Gasteiger charge is 2.40. The van der Waals surface area contributed by atoms with Crippen LogP contribution in [0.15, 0.2) is 18.2 Å². The Kier molecular flexibility index (Phi) is 4.76. The van der Waals surface area contributed by atoms with Gasteiger partial charge in [-0.2, -0.15) is 0 Å². The van der Waals surface area contributed by atoms with Gasteiger partial charge >= 0.3 is 0 Å². The van der Waals surface area contributed by atoms with Crippen LogP contribution in [0.5, 0.6) is 0 Å². The van der Waals surface area contributed by atoms with E-state index in [0.29, 0.717) is 0 Å². The van der Waals surface area contributed by atoms with E-state index in [2.05, 4.69) is 4.90 Å². The standard InChI is InChI=1S/C16H24F2N2/c1-20(2)16(9-4-3-5-10-16)15(19)11-12-13(17)7-6-8-14(12)18/h6-8,15H,3-5,9-11,19H2,1-2H3. The Hall–Kier alpha value is -1.00. The van der Waals surface area contributed by atoms with E-state index in [-0.39, 0.29) is 23.6 Å². The van der Waals surface area contributed by atoms with Gasteiger partial charge in [-0.25, -0.2) is 8.78 Å². The van der Waals surface area contributed by atoms with Crippen LogP contribution in [0.1, 0.15) is 37.7 Å². The van der Waals surface area contributed by atoms with Crippen LogP contribution in [0.4, 0.5) is 8.78 Å². The molecular formula is C16H24F2N2. The normalized spacial score (nSPS) is 20.1. The van der Waals surface area contributed by atoms with E-state index >= 15 is 0 Å². The van der Waals surface area contributed by atoms with Gasteiger partial charge in [-0.15, -0.1) is 0 Å². The highest BCUT2D eigenvalue weighted by Crippen LogP contribution is 2.35. The third-order valence-corrected chi connectivity index (χ3v) is 4.79. The SMILES string of the molecule is CN(C)C1(C(N)Cc2c(F)cccc2F)CCCCC1. The van der Waals surface area contributed by atoms with Crippen molar-refractivity contribution >= 4 is 0 Å². The number of nitrogens with two attached hydrogens (primary N) is 1. The van der Waals surface area contributed by atoms with Crippen LogP contribution in [0.2, 0.25) is 0 Å². The van der Waals surface area contributed by atoms with Crippen molar-refractivity contribution in [1.29, 1.82) is 0 Å². The summed E-state index contributed by atoms with van der Waals surface area (Å²) in [6.07, 6.45) is 5.72. The maximum atomic E-state index is 13.8. The lowest BCUT2D eigenvalue weighted by Crippen LogP contribution is -2.59. The Bertz CT molecular complexity index is 434. The molecule has 1 fully saturated rings. The number of nitrogens with zero attached hydrogens (tertiary/aromatic N) is 1. The van der Waals surface area contributed by atoms with E-state index in [4.69, 9.17) is 5.73 Å². The minimum Gasteiger partial charge on any atom is -0.326 e. The van der Waals surface area contributed by atoms with Crippen LogP contribution >= 0.6 is 0 Å². The molecule has 0 radical (unpaired) electrons. The highest BCUT2D eigenvalue weighted by molar-refractivity contribution is 5.22. The molecular weight excluding hydrogens is 258 g/mol. The van der Waals surface area contributed by atoms with Gasteiger partial charge < -0.3 is 10.6 Å². The zero-order valence-electron chi connectivity index (χ0n) is 12.3. The van der Waals surface area contributed by atoms with Crippen molar-refractivity contribution in [2.24, 2.45) is 5.73 Å². The maximum absolute atomic E-state index is 13.8. The third-order valence-electron chi connectivity index (χ3n) is 4.79. The van der Waals surface area contributed by atoms with Crippen LogP contribution in [-0.4, -0.2) is 30.6 Å². The van der Waals surface area contributed by atoms with Gasteiger partial charge in [0, 0.05) is 17.1 Å². The zero-order valence-corrected chi connectivity index (χ0v) is 12.3.